The molecule has 0 unspecified atom stereocenters. The van der Waals surface area contributed by atoms with Crippen molar-refractivity contribution in [2.45, 2.75) is 13.5 Å². The van der Waals surface area contributed by atoms with Crippen molar-refractivity contribution in [3.05, 3.63) is 46.4 Å². The van der Waals surface area contributed by atoms with Crippen LogP contribution in [-0.2, 0) is 13.6 Å². The normalized spacial score (nSPS) is 10.6. The van der Waals surface area contributed by atoms with Crippen LogP contribution in [0, 0.1) is 6.92 Å². The largest absolute Gasteiger partial charge is 0.394 e. The number of hydrogen-bond donors (Lipinski definition) is 1. The molecule has 0 fully saturated rings. The van der Waals surface area contributed by atoms with E-state index in [9.17, 15) is 4.79 Å². The highest BCUT2D eigenvalue weighted by molar-refractivity contribution is 5.37. The molecule has 0 amide bonds. The zero-order chi connectivity index (χ0) is 11.7. The van der Waals surface area contributed by atoms with Crippen LogP contribution in [0.15, 0.2) is 29.5 Å². The maximum absolute atomic E-state index is 11.8. The first-order chi connectivity index (χ1) is 7.58. The van der Waals surface area contributed by atoms with Gasteiger partial charge in [0.05, 0.1) is 12.2 Å². The molecule has 0 radical (unpaired) electrons. The summed E-state index contributed by atoms with van der Waals surface area (Å²) in [4.78, 5) is 15.9. The molecule has 2 rings (SSSR count). The summed E-state index contributed by atoms with van der Waals surface area (Å²) in [7, 11) is 1.90. The molecule has 5 nitrogen and oxygen atoms in total. The Morgan fingerprint density at radius 3 is 2.88 bits per heavy atom. The zero-order valence-electron chi connectivity index (χ0n) is 9.34. The molecular weight excluding hydrogens is 204 g/mol. The summed E-state index contributed by atoms with van der Waals surface area (Å²) in [5, 5.41) is 0. The number of imidazole rings is 1. The molecular formula is C11H14N4O. The van der Waals surface area contributed by atoms with Gasteiger partial charge in [-0.2, -0.15) is 0 Å². The summed E-state index contributed by atoms with van der Waals surface area (Å²) in [6.45, 7) is 2.35. The minimum atomic E-state index is -0.173. The average molecular weight is 218 g/mol. The van der Waals surface area contributed by atoms with Crippen molar-refractivity contribution in [2.75, 3.05) is 5.73 Å². The lowest BCUT2D eigenvalue weighted by Gasteiger charge is -2.08. The van der Waals surface area contributed by atoms with Gasteiger partial charge >= 0.3 is 0 Å². The topological polar surface area (TPSA) is 65.8 Å². The number of aromatic nitrogens is 3. The molecule has 0 aromatic carbocycles. The molecule has 0 aliphatic rings. The molecule has 0 spiro atoms. The van der Waals surface area contributed by atoms with Gasteiger partial charge < -0.3 is 14.9 Å². The van der Waals surface area contributed by atoms with Gasteiger partial charge in [-0.05, 0) is 18.6 Å². The third-order valence-corrected chi connectivity index (χ3v) is 2.48. The van der Waals surface area contributed by atoms with Gasteiger partial charge in [-0.15, -0.1) is 0 Å². The van der Waals surface area contributed by atoms with Crippen LogP contribution in [-0.4, -0.2) is 14.1 Å². The van der Waals surface area contributed by atoms with Crippen molar-refractivity contribution >= 4 is 5.69 Å². The first-order valence-corrected chi connectivity index (χ1v) is 5.00. The summed E-state index contributed by atoms with van der Waals surface area (Å²) in [5.74, 6) is 0.826. The molecule has 5 heteroatoms. The molecule has 2 N–H and O–H groups in total. The Balaban J connectivity index is 2.43. The second kappa shape index (κ2) is 3.84. The Labute approximate surface area is 93.2 Å². The number of nitrogens with zero attached hydrogens (tertiary/aromatic N) is 3. The SMILES string of the molecule is Cc1cc(N)c(=O)n(Cc2nccn2C)c1. The Morgan fingerprint density at radius 1 is 1.50 bits per heavy atom. The molecule has 2 aromatic heterocycles. The van der Waals surface area contributed by atoms with Crippen LogP contribution in [0.5, 0.6) is 0 Å². The van der Waals surface area contributed by atoms with Crippen molar-refractivity contribution < 1.29 is 0 Å². The summed E-state index contributed by atoms with van der Waals surface area (Å²) in [6.07, 6.45) is 5.34. The predicted molar refractivity (Wildman–Crippen MR) is 62.2 cm³/mol. The number of aryl methyl sites for hydroxylation is 2. The number of nitrogen functional groups attached to an aromatic ring is 1. The van der Waals surface area contributed by atoms with Crippen LogP contribution in [0.1, 0.15) is 11.4 Å². The number of nitrogens with two attached hydrogens (primary N) is 1. The molecule has 2 heterocycles. The van der Waals surface area contributed by atoms with Crippen LogP contribution in [0.2, 0.25) is 0 Å². The van der Waals surface area contributed by atoms with E-state index in [0.717, 1.165) is 11.4 Å². The maximum atomic E-state index is 11.8. The van der Waals surface area contributed by atoms with E-state index >= 15 is 0 Å². The Morgan fingerprint density at radius 2 is 2.25 bits per heavy atom. The summed E-state index contributed by atoms with van der Waals surface area (Å²) >= 11 is 0. The smallest absolute Gasteiger partial charge is 0.274 e. The molecule has 0 atom stereocenters. The highest BCUT2D eigenvalue weighted by atomic mass is 16.1. The van der Waals surface area contributed by atoms with E-state index in [4.69, 9.17) is 5.73 Å². The van der Waals surface area contributed by atoms with E-state index in [-0.39, 0.29) is 11.2 Å². The minimum absolute atomic E-state index is 0.173. The molecule has 0 aliphatic heterocycles. The molecule has 2 aromatic rings. The van der Waals surface area contributed by atoms with E-state index in [2.05, 4.69) is 4.98 Å². The van der Waals surface area contributed by atoms with E-state index < -0.39 is 0 Å². The van der Waals surface area contributed by atoms with Crippen LogP contribution in [0.4, 0.5) is 5.69 Å². The Hall–Kier alpha value is -2.04. The predicted octanol–water partition coefficient (Wildman–Crippen LogP) is 0.521. The highest BCUT2D eigenvalue weighted by Crippen LogP contribution is 2.02. The summed E-state index contributed by atoms with van der Waals surface area (Å²) in [6, 6.07) is 1.68. The molecule has 0 saturated carbocycles. The van der Waals surface area contributed by atoms with Gasteiger partial charge in [0, 0.05) is 25.6 Å². The second-order valence-electron chi connectivity index (χ2n) is 3.86. The van der Waals surface area contributed by atoms with Gasteiger partial charge in [-0.1, -0.05) is 0 Å². The first kappa shape index (κ1) is 10.5. The molecule has 84 valence electrons. The van der Waals surface area contributed by atoms with E-state index in [1.807, 2.05) is 24.7 Å². The van der Waals surface area contributed by atoms with Crippen molar-refractivity contribution in [1.29, 1.82) is 0 Å². The van der Waals surface area contributed by atoms with Crippen molar-refractivity contribution in [2.24, 2.45) is 7.05 Å². The Kier molecular flexibility index (Phi) is 2.52. The van der Waals surface area contributed by atoms with Crippen LogP contribution >= 0.6 is 0 Å². The maximum Gasteiger partial charge on any atom is 0.274 e. The molecule has 0 bridgehead atoms. The number of pyridine rings is 1. The lowest BCUT2D eigenvalue weighted by Crippen LogP contribution is -2.24. The fourth-order valence-corrected chi connectivity index (χ4v) is 1.63. The van der Waals surface area contributed by atoms with Gasteiger partial charge in [0.2, 0.25) is 0 Å². The zero-order valence-corrected chi connectivity index (χ0v) is 9.34. The van der Waals surface area contributed by atoms with Crippen molar-refractivity contribution in [3.8, 4) is 0 Å². The van der Waals surface area contributed by atoms with Crippen molar-refractivity contribution in [1.82, 2.24) is 14.1 Å². The van der Waals surface area contributed by atoms with Gasteiger partial charge in [0.15, 0.2) is 0 Å². The number of rotatable bonds is 2. The average Bonchev–Trinajstić information content (AvgIpc) is 2.60. The lowest BCUT2D eigenvalue weighted by molar-refractivity contribution is 0.678. The summed E-state index contributed by atoms with van der Waals surface area (Å²) in [5.41, 5.74) is 6.69. The Bertz CT molecular complexity index is 568. The van der Waals surface area contributed by atoms with E-state index in [0.29, 0.717) is 6.54 Å². The van der Waals surface area contributed by atoms with Gasteiger partial charge in [0.1, 0.15) is 5.82 Å². The van der Waals surface area contributed by atoms with Crippen molar-refractivity contribution in [3.63, 3.8) is 0 Å². The fourth-order valence-electron chi connectivity index (χ4n) is 1.63. The monoisotopic (exact) mass is 218 g/mol. The quantitative estimate of drug-likeness (QED) is 0.799. The highest BCUT2D eigenvalue weighted by Gasteiger charge is 2.05. The van der Waals surface area contributed by atoms with E-state index in [1.165, 1.54) is 0 Å². The number of anilines is 1. The first-order valence-electron chi connectivity index (χ1n) is 5.00. The molecule has 0 aliphatic carbocycles. The van der Waals surface area contributed by atoms with Gasteiger partial charge in [0.25, 0.3) is 5.56 Å². The van der Waals surface area contributed by atoms with Gasteiger partial charge in [-0.3, -0.25) is 4.79 Å². The third kappa shape index (κ3) is 1.84. The number of hydrogen-bond acceptors (Lipinski definition) is 3. The second-order valence-corrected chi connectivity index (χ2v) is 3.86. The molecule has 16 heavy (non-hydrogen) atoms. The third-order valence-electron chi connectivity index (χ3n) is 2.48. The standard InChI is InChI=1S/C11H14N4O/c1-8-5-9(12)11(16)15(6-8)7-10-13-3-4-14(10)2/h3-6H,7,12H2,1-2H3. The minimum Gasteiger partial charge on any atom is -0.394 e. The molecule has 0 saturated heterocycles. The van der Waals surface area contributed by atoms with Crippen LogP contribution in [0.3, 0.4) is 0 Å². The summed E-state index contributed by atoms with van der Waals surface area (Å²) < 4.78 is 3.46. The van der Waals surface area contributed by atoms with Crippen LogP contribution in [0.25, 0.3) is 0 Å². The van der Waals surface area contributed by atoms with E-state index in [1.54, 1.807) is 23.0 Å². The van der Waals surface area contributed by atoms with Gasteiger partial charge in [-0.25, -0.2) is 4.98 Å². The van der Waals surface area contributed by atoms with Crippen LogP contribution < -0.4 is 11.3 Å². The fraction of sp³-hybridized carbons (Fsp3) is 0.273. The lowest BCUT2D eigenvalue weighted by atomic mass is 10.3.